The summed E-state index contributed by atoms with van der Waals surface area (Å²) in [6.07, 6.45) is 0.205. The highest BCUT2D eigenvalue weighted by Gasteiger charge is 2.33. The second-order valence-corrected chi connectivity index (χ2v) is 5.73. The lowest BCUT2D eigenvalue weighted by Crippen LogP contribution is -2.44. The van der Waals surface area contributed by atoms with Gasteiger partial charge in [-0.1, -0.05) is 31.2 Å². The van der Waals surface area contributed by atoms with E-state index in [9.17, 15) is 18.7 Å². The fraction of sp³-hybridized carbons (Fsp3) is 0.278. The summed E-state index contributed by atoms with van der Waals surface area (Å²) in [4.78, 5) is 13.6. The first kappa shape index (κ1) is 18.4. The normalized spacial score (nSPS) is 13.4. The SMILES string of the molecule is CCC(O)(CN(C(=O)CCl)c1ccccc1)c1ccc(F)c(F)c1. The fourth-order valence-electron chi connectivity index (χ4n) is 2.46. The van der Waals surface area contributed by atoms with Crippen molar-refractivity contribution in [1.82, 2.24) is 0 Å². The molecule has 2 rings (SSSR count). The molecule has 0 radical (unpaired) electrons. The number of carbonyl (C=O) groups excluding carboxylic acids is 1. The molecule has 0 aromatic heterocycles. The van der Waals surface area contributed by atoms with E-state index in [-0.39, 0.29) is 24.4 Å². The van der Waals surface area contributed by atoms with E-state index in [1.165, 1.54) is 11.0 Å². The van der Waals surface area contributed by atoms with Crippen LogP contribution in [0, 0.1) is 11.6 Å². The molecule has 1 atom stereocenters. The summed E-state index contributed by atoms with van der Waals surface area (Å²) < 4.78 is 26.7. The monoisotopic (exact) mass is 353 g/mol. The molecule has 1 N–H and O–H groups in total. The van der Waals surface area contributed by atoms with Crippen molar-refractivity contribution in [2.45, 2.75) is 18.9 Å². The molecular weight excluding hydrogens is 336 g/mol. The lowest BCUT2D eigenvalue weighted by atomic mass is 9.90. The van der Waals surface area contributed by atoms with Gasteiger partial charge in [0.15, 0.2) is 11.6 Å². The summed E-state index contributed by atoms with van der Waals surface area (Å²) in [5.41, 5.74) is -0.767. The van der Waals surface area contributed by atoms with Gasteiger partial charge in [-0.2, -0.15) is 0 Å². The Bertz CT molecular complexity index is 711. The van der Waals surface area contributed by atoms with Gasteiger partial charge in [-0.25, -0.2) is 8.78 Å². The number of amides is 1. The van der Waals surface area contributed by atoms with Gasteiger partial charge in [-0.05, 0) is 36.2 Å². The second-order valence-electron chi connectivity index (χ2n) is 5.46. The third-order valence-electron chi connectivity index (χ3n) is 3.94. The smallest absolute Gasteiger partial charge is 0.242 e. The van der Waals surface area contributed by atoms with Gasteiger partial charge in [0.25, 0.3) is 0 Å². The lowest BCUT2D eigenvalue weighted by molar-refractivity contribution is -0.117. The number of alkyl halides is 1. The Balaban J connectivity index is 2.40. The van der Waals surface area contributed by atoms with Crippen LogP contribution in [0.1, 0.15) is 18.9 Å². The van der Waals surface area contributed by atoms with Gasteiger partial charge in [0, 0.05) is 5.69 Å². The first-order valence-electron chi connectivity index (χ1n) is 7.50. The molecule has 0 aliphatic carbocycles. The highest BCUT2D eigenvalue weighted by Crippen LogP contribution is 2.29. The number of carbonyl (C=O) groups is 1. The van der Waals surface area contributed by atoms with E-state index < -0.39 is 23.1 Å². The summed E-state index contributed by atoms with van der Waals surface area (Å²) in [5, 5.41) is 11.0. The number of nitrogens with zero attached hydrogens (tertiary/aromatic N) is 1. The topological polar surface area (TPSA) is 40.5 Å². The number of rotatable bonds is 6. The number of aliphatic hydroxyl groups is 1. The van der Waals surface area contributed by atoms with Gasteiger partial charge in [0.1, 0.15) is 11.5 Å². The Morgan fingerprint density at radius 3 is 2.38 bits per heavy atom. The molecule has 0 fully saturated rings. The number of halogens is 3. The van der Waals surface area contributed by atoms with Crippen LogP contribution >= 0.6 is 11.6 Å². The Morgan fingerprint density at radius 1 is 1.17 bits per heavy atom. The molecule has 0 aliphatic heterocycles. The summed E-state index contributed by atoms with van der Waals surface area (Å²) in [7, 11) is 0. The Kier molecular flexibility index (Phi) is 5.91. The molecule has 3 nitrogen and oxygen atoms in total. The largest absolute Gasteiger partial charge is 0.383 e. The van der Waals surface area contributed by atoms with Gasteiger partial charge in [-0.3, -0.25) is 4.79 Å². The zero-order valence-corrected chi connectivity index (χ0v) is 13.9. The summed E-state index contributed by atoms with van der Waals surface area (Å²) in [5.74, 6) is -2.69. The van der Waals surface area contributed by atoms with E-state index in [0.717, 1.165) is 12.1 Å². The van der Waals surface area contributed by atoms with Crippen molar-refractivity contribution in [3.05, 3.63) is 65.7 Å². The van der Waals surface area contributed by atoms with Gasteiger partial charge in [0.2, 0.25) is 5.91 Å². The molecule has 0 saturated heterocycles. The van der Waals surface area contributed by atoms with E-state index >= 15 is 0 Å². The summed E-state index contributed by atoms with van der Waals surface area (Å²) in [6, 6.07) is 12.0. The fourth-order valence-corrected chi connectivity index (χ4v) is 2.60. The number of hydrogen-bond donors (Lipinski definition) is 1. The molecule has 0 saturated carbocycles. The van der Waals surface area contributed by atoms with E-state index in [1.807, 2.05) is 0 Å². The first-order valence-corrected chi connectivity index (χ1v) is 8.04. The highest BCUT2D eigenvalue weighted by atomic mass is 35.5. The minimum Gasteiger partial charge on any atom is -0.383 e. The molecule has 24 heavy (non-hydrogen) atoms. The zero-order valence-electron chi connectivity index (χ0n) is 13.2. The van der Waals surface area contributed by atoms with Gasteiger partial charge < -0.3 is 10.0 Å². The van der Waals surface area contributed by atoms with Crippen molar-refractivity contribution in [3.8, 4) is 0 Å². The maximum Gasteiger partial charge on any atom is 0.242 e. The molecule has 1 unspecified atom stereocenters. The summed E-state index contributed by atoms with van der Waals surface area (Å²) in [6.45, 7) is 1.58. The van der Waals surface area contributed by atoms with E-state index in [4.69, 9.17) is 11.6 Å². The van der Waals surface area contributed by atoms with E-state index in [2.05, 4.69) is 0 Å². The quantitative estimate of drug-likeness (QED) is 0.802. The van der Waals surface area contributed by atoms with Crippen molar-refractivity contribution in [2.24, 2.45) is 0 Å². The van der Waals surface area contributed by atoms with Crippen LogP contribution in [0.2, 0.25) is 0 Å². The van der Waals surface area contributed by atoms with E-state index in [0.29, 0.717) is 5.69 Å². The molecule has 128 valence electrons. The molecular formula is C18H18ClF2NO2. The van der Waals surface area contributed by atoms with Crippen LogP contribution in [0.4, 0.5) is 14.5 Å². The molecule has 1 amide bonds. The second kappa shape index (κ2) is 7.73. The third kappa shape index (κ3) is 3.91. The number of benzene rings is 2. The van der Waals surface area contributed by atoms with Crippen LogP contribution in [0.15, 0.2) is 48.5 Å². The molecule has 0 spiro atoms. The minimum absolute atomic E-state index is 0.121. The number of para-hydroxylation sites is 1. The predicted octanol–water partition coefficient (Wildman–Crippen LogP) is 3.83. The van der Waals surface area contributed by atoms with E-state index in [1.54, 1.807) is 37.3 Å². The van der Waals surface area contributed by atoms with Crippen LogP contribution in [0.3, 0.4) is 0 Å². The van der Waals surface area contributed by atoms with Gasteiger partial charge >= 0.3 is 0 Å². The van der Waals surface area contributed by atoms with Crippen molar-refractivity contribution >= 4 is 23.2 Å². The average molecular weight is 354 g/mol. The average Bonchev–Trinajstić information content (AvgIpc) is 2.61. The van der Waals surface area contributed by atoms with Crippen LogP contribution in [0.5, 0.6) is 0 Å². The third-order valence-corrected chi connectivity index (χ3v) is 4.17. The zero-order chi connectivity index (χ0) is 17.7. The Morgan fingerprint density at radius 2 is 1.83 bits per heavy atom. The molecule has 0 bridgehead atoms. The maximum atomic E-state index is 13.5. The van der Waals surface area contributed by atoms with Crippen molar-refractivity contribution in [1.29, 1.82) is 0 Å². The van der Waals surface area contributed by atoms with Crippen molar-refractivity contribution in [2.75, 3.05) is 17.3 Å². The van der Waals surface area contributed by atoms with Crippen molar-refractivity contribution in [3.63, 3.8) is 0 Å². The van der Waals surface area contributed by atoms with Gasteiger partial charge in [0.05, 0.1) is 6.54 Å². The number of anilines is 1. The Hall–Kier alpha value is -1.98. The molecule has 2 aromatic carbocycles. The standard InChI is InChI=1S/C18H18ClF2NO2/c1-2-18(24,13-8-9-15(20)16(21)10-13)12-22(17(23)11-19)14-6-4-3-5-7-14/h3-10,24H,2,11-12H2,1H3. The van der Waals surface area contributed by atoms with Gasteiger partial charge in [-0.15, -0.1) is 11.6 Å². The highest BCUT2D eigenvalue weighted by molar-refractivity contribution is 6.29. The Labute approximate surface area is 144 Å². The molecule has 0 aliphatic rings. The minimum atomic E-state index is -1.54. The molecule has 2 aromatic rings. The predicted molar refractivity (Wildman–Crippen MR) is 90.1 cm³/mol. The van der Waals surface area contributed by atoms with Crippen LogP contribution in [-0.2, 0) is 10.4 Å². The lowest BCUT2D eigenvalue weighted by Gasteiger charge is -2.34. The summed E-state index contributed by atoms with van der Waals surface area (Å²) >= 11 is 5.68. The van der Waals surface area contributed by atoms with Crippen LogP contribution in [0.25, 0.3) is 0 Å². The maximum absolute atomic E-state index is 13.5. The molecule has 0 heterocycles. The van der Waals surface area contributed by atoms with Crippen LogP contribution < -0.4 is 4.90 Å². The number of hydrogen-bond acceptors (Lipinski definition) is 2. The van der Waals surface area contributed by atoms with Crippen LogP contribution in [-0.4, -0.2) is 23.4 Å². The van der Waals surface area contributed by atoms with Crippen molar-refractivity contribution < 1.29 is 18.7 Å². The first-order chi connectivity index (χ1) is 11.4. The molecule has 6 heteroatoms.